The fraction of sp³-hybridized carbons (Fsp3) is 0.182. The van der Waals surface area contributed by atoms with Gasteiger partial charge in [0.1, 0.15) is 4.88 Å². The van der Waals surface area contributed by atoms with E-state index in [1.807, 2.05) is 19.1 Å². The van der Waals surface area contributed by atoms with Crippen LogP contribution >= 0.6 is 27.3 Å². The molecule has 0 amide bonds. The predicted molar refractivity (Wildman–Crippen MR) is 65.6 cm³/mol. The lowest BCUT2D eigenvalue weighted by molar-refractivity contribution is 0.0606. The monoisotopic (exact) mass is 284 g/mol. The van der Waals surface area contributed by atoms with Crippen LogP contribution in [-0.2, 0) is 4.74 Å². The summed E-state index contributed by atoms with van der Waals surface area (Å²) in [5, 5.41) is 1.06. The van der Waals surface area contributed by atoms with Gasteiger partial charge in [0.2, 0.25) is 0 Å². The van der Waals surface area contributed by atoms with Crippen molar-refractivity contribution in [3.05, 3.63) is 33.1 Å². The molecule has 0 aliphatic rings. The highest BCUT2D eigenvalue weighted by atomic mass is 79.9. The Bertz CT molecular complexity index is 531. The molecule has 4 heteroatoms. The molecule has 0 aliphatic carbocycles. The SMILES string of the molecule is COC(=O)c1cc2c(Br)cc(C)cc2s1. The molecule has 0 fully saturated rings. The Hall–Kier alpha value is -0.870. The van der Waals surface area contributed by atoms with Crippen LogP contribution < -0.4 is 0 Å². The Balaban J connectivity index is 2.65. The van der Waals surface area contributed by atoms with Gasteiger partial charge in [-0.05, 0) is 30.7 Å². The van der Waals surface area contributed by atoms with E-state index >= 15 is 0 Å². The summed E-state index contributed by atoms with van der Waals surface area (Å²) >= 11 is 4.94. The summed E-state index contributed by atoms with van der Waals surface area (Å²) in [5.74, 6) is -0.277. The maximum absolute atomic E-state index is 11.4. The highest BCUT2D eigenvalue weighted by Gasteiger charge is 2.11. The van der Waals surface area contributed by atoms with E-state index in [4.69, 9.17) is 4.74 Å². The minimum Gasteiger partial charge on any atom is -0.465 e. The first kappa shape index (κ1) is 10.6. The van der Waals surface area contributed by atoms with Crippen LogP contribution in [0.2, 0.25) is 0 Å². The summed E-state index contributed by atoms with van der Waals surface area (Å²) in [7, 11) is 1.40. The van der Waals surface area contributed by atoms with Crippen LogP contribution in [0.5, 0.6) is 0 Å². The minimum absolute atomic E-state index is 0.277. The second kappa shape index (κ2) is 3.94. The number of carbonyl (C=O) groups is 1. The number of carbonyl (C=O) groups excluding carboxylic acids is 1. The summed E-state index contributed by atoms with van der Waals surface area (Å²) in [6.07, 6.45) is 0. The van der Waals surface area contributed by atoms with E-state index in [1.165, 1.54) is 24.0 Å². The van der Waals surface area contributed by atoms with Gasteiger partial charge in [-0.25, -0.2) is 4.79 Å². The van der Waals surface area contributed by atoms with Gasteiger partial charge in [0.05, 0.1) is 7.11 Å². The van der Waals surface area contributed by atoms with Crippen molar-refractivity contribution >= 4 is 43.3 Å². The lowest BCUT2D eigenvalue weighted by Crippen LogP contribution is -1.96. The van der Waals surface area contributed by atoms with Gasteiger partial charge in [0, 0.05) is 14.6 Å². The van der Waals surface area contributed by atoms with Crippen molar-refractivity contribution in [3.63, 3.8) is 0 Å². The molecule has 1 heterocycles. The van der Waals surface area contributed by atoms with E-state index in [0.29, 0.717) is 4.88 Å². The quantitative estimate of drug-likeness (QED) is 0.746. The molecule has 0 spiro atoms. The van der Waals surface area contributed by atoms with Crippen LogP contribution in [0.25, 0.3) is 10.1 Å². The third-order valence-corrected chi connectivity index (χ3v) is 3.84. The highest BCUT2D eigenvalue weighted by Crippen LogP contribution is 2.32. The Morgan fingerprint density at radius 1 is 1.40 bits per heavy atom. The van der Waals surface area contributed by atoms with Gasteiger partial charge in [-0.2, -0.15) is 0 Å². The van der Waals surface area contributed by atoms with Crippen LogP contribution in [0.3, 0.4) is 0 Å². The smallest absolute Gasteiger partial charge is 0.348 e. The van der Waals surface area contributed by atoms with Gasteiger partial charge in [-0.1, -0.05) is 15.9 Å². The zero-order valence-electron chi connectivity index (χ0n) is 8.33. The second-order valence-corrected chi connectivity index (χ2v) is 5.20. The Labute approximate surface area is 100.0 Å². The first-order chi connectivity index (χ1) is 7.11. The number of fused-ring (bicyclic) bond motifs is 1. The maximum atomic E-state index is 11.4. The molecule has 0 atom stereocenters. The molecule has 0 N–H and O–H groups in total. The van der Waals surface area contributed by atoms with Crippen molar-refractivity contribution in [2.45, 2.75) is 6.92 Å². The molecule has 78 valence electrons. The number of rotatable bonds is 1. The van der Waals surface area contributed by atoms with Crippen molar-refractivity contribution in [2.24, 2.45) is 0 Å². The average Bonchev–Trinajstić information content (AvgIpc) is 2.60. The predicted octanol–water partition coefficient (Wildman–Crippen LogP) is 3.76. The van der Waals surface area contributed by atoms with E-state index in [2.05, 4.69) is 22.0 Å². The van der Waals surface area contributed by atoms with Crippen molar-refractivity contribution < 1.29 is 9.53 Å². The van der Waals surface area contributed by atoms with Gasteiger partial charge in [-0.3, -0.25) is 0 Å². The highest BCUT2D eigenvalue weighted by molar-refractivity contribution is 9.10. The number of halogens is 1. The molecule has 0 saturated heterocycles. The van der Waals surface area contributed by atoms with Gasteiger partial charge >= 0.3 is 5.97 Å². The lowest BCUT2D eigenvalue weighted by atomic mass is 10.2. The Morgan fingerprint density at radius 3 is 2.80 bits per heavy atom. The third kappa shape index (κ3) is 1.92. The molecule has 0 saturated carbocycles. The number of benzene rings is 1. The van der Waals surface area contributed by atoms with Crippen molar-refractivity contribution in [2.75, 3.05) is 7.11 Å². The van der Waals surface area contributed by atoms with E-state index < -0.39 is 0 Å². The average molecular weight is 285 g/mol. The summed E-state index contributed by atoms with van der Waals surface area (Å²) in [6.45, 7) is 2.03. The Kier molecular flexibility index (Phi) is 2.80. The molecular formula is C11H9BrO2S. The van der Waals surface area contributed by atoms with Gasteiger partial charge in [-0.15, -0.1) is 11.3 Å². The molecule has 2 aromatic rings. The van der Waals surface area contributed by atoms with Gasteiger partial charge in [0.25, 0.3) is 0 Å². The Morgan fingerprint density at radius 2 is 2.13 bits per heavy atom. The lowest BCUT2D eigenvalue weighted by Gasteiger charge is -1.95. The van der Waals surface area contributed by atoms with E-state index in [0.717, 1.165) is 14.6 Å². The number of aryl methyl sites for hydroxylation is 1. The van der Waals surface area contributed by atoms with Crippen molar-refractivity contribution in [1.82, 2.24) is 0 Å². The molecular weight excluding hydrogens is 276 g/mol. The molecule has 2 rings (SSSR count). The van der Waals surface area contributed by atoms with E-state index in [1.54, 1.807) is 0 Å². The number of hydrogen-bond donors (Lipinski definition) is 0. The third-order valence-electron chi connectivity index (χ3n) is 2.12. The zero-order chi connectivity index (χ0) is 11.0. The minimum atomic E-state index is -0.277. The van der Waals surface area contributed by atoms with Crippen LogP contribution in [0.4, 0.5) is 0 Å². The molecule has 1 aromatic carbocycles. The van der Waals surface area contributed by atoms with Gasteiger partial charge in [0.15, 0.2) is 0 Å². The summed E-state index contributed by atoms with van der Waals surface area (Å²) < 4.78 is 6.81. The van der Waals surface area contributed by atoms with Crippen LogP contribution in [0, 0.1) is 6.92 Å². The fourth-order valence-electron chi connectivity index (χ4n) is 1.43. The largest absolute Gasteiger partial charge is 0.465 e. The number of methoxy groups -OCH3 is 1. The summed E-state index contributed by atoms with van der Waals surface area (Å²) in [4.78, 5) is 12.0. The molecule has 0 aliphatic heterocycles. The number of hydrogen-bond acceptors (Lipinski definition) is 3. The molecule has 2 nitrogen and oxygen atoms in total. The fourth-order valence-corrected chi connectivity index (χ4v) is 3.35. The molecule has 0 unspecified atom stereocenters. The summed E-state index contributed by atoms with van der Waals surface area (Å²) in [5.41, 5.74) is 1.17. The number of thiophene rings is 1. The zero-order valence-corrected chi connectivity index (χ0v) is 10.7. The van der Waals surface area contributed by atoms with E-state index in [-0.39, 0.29) is 5.97 Å². The number of esters is 1. The van der Waals surface area contributed by atoms with Crippen LogP contribution in [0.1, 0.15) is 15.2 Å². The molecule has 15 heavy (non-hydrogen) atoms. The molecule has 1 aromatic heterocycles. The van der Waals surface area contributed by atoms with Gasteiger partial charge < -0.3 is 4.74 Å². The van der Waals surface area contributed by atoms with Crippen LogP contribution in [0.15, 0.2) is 22.7 Å². The van der Waals surface area contributed by atoms with Crippen molar-refractivity contribution in [3.8, 4) is 0 Å². The van der Waals surface area contributed by atoms with E-state index in [9.17, 15) is 4.79 Å². The maximum Gasteiger partial charge on any atom is 0.348 e. The topological polar surface area (TPSA) is 26.3 Å². The normalized spacial score (nSPS) is 10.6. The first-order valence-corrected chi connectivity index (χ1v) is 6.01. The standard InChI is InChI=1S/C11H9BrO2S/c1-6-3-8(12)7-5-10(11(13)14-2)15-9(7)4-6/h3-5H,1-2H3. The van der Waals surface area contributed by atoms with Crippen molar-refractivity contribution in [1.29, 1.82) is 0 Å². The van der Waals surface area contributed by atoms with Crippen LogP contribution in [-0.4, -0.2) is 13.1 Å². The second-order valence-electron chi connectivity index (χ2n) is 3.26. The molecule has 0 radical (unpaired) electrons. The molecule has 0 bridgehead atoms. The number of ether oxygens (including phenoxy) is 1. The summed E-state index contributed by atoms with van der Waals surface area (Å²) in [6, 6.07) is 5.96. The first-order valence-electron chi connectivity index (χ1n) is 4.40.